The van der Waals surface area contributed by atoms with Gasteiger partial charge in [-0.3, -0.25) is 4.79 Å². The van der Waals surface area contributed by atoms with Crippen LogP contribution in [-0.4, -0.2) is 43.7 Å². The number of hydrogen-bond donors (Lipinski definition) is 1. The van der Waals surface area contributed by atoms with Crippen LogP contribution >= 0.6 is 0 Å². The number of carbonyl (C=O) groups excluding carboxylic acids is 1. The quantitative estimate of drug-likeness (QED) is 0.573. The molecule has 0 radical (unpaired) electrons. The van der Waals surface area contributed by atoms with Crippen molar-refractivity contribution in [3.63, 3.8) is 0 Å². The lowest BCUT2D eigenvalue weighted by Crippen LogP contribution is -2.41. The fourth-order valence-electron chi connectivity index (χ4n) is 1.29. The van der Waals surface area contributed by atoms with Gasteiger partial charge in [0.15, 0.2) is 0 Å². The van der Waals surface area contributed by atoms with Crippen LogP contribution < -0.4 is 5.73 Å². The van der Waals surface area contributed by atoms with Crippen LogP contribution in [0.3, 0.4) is 0 Å². The first-order chi connectivity index (χ1) is 5.79. The van der Waals surface area contributed by atoms with Gasteiger partial charge in [0.1, 0.15) is 0 Å². The van der Waals surface area contributed by atoms with Crippen LogP contribution in [0.4, 0.5) is 0 Å². The van der Waals surface area contributed by atoms with Crippen LogP contribution in [0.25, 0.3) is 0 Å². The number of carbonyl (C=O) groups is 1. The van der Waals surface area contributed by atoms with Crippen LogP contribution in [0.1, 0.15) is 0 Å². The highest BCUT2D eigenvalue weighted by Crippen LogP contribution is 2.09. The minimum Gasteiger partial charge on any atom is -0.382 e. The van der Waals surface area contributed by atoms with Gasteiger partial charge in [-0.15, -0.1) is 0 Å². The zero-order chi connectivity index (χ0) is 8.97. The number of nitrogens with zero attached hydrogens (tertiary/aromatic N) is 1. The Bertz CT molecular complexity index is 191. The number of rotatable bonds is 3. The summed E-state index contributed by atoms with van der Waals surface area (Å²) >= 11 is 0. The molecule has 0 aromatic carbocycles. The zero-order valence-electron chi connectivity index (χ0n) is 7.19. The second-order valence-electron chi connectivity index (χ2n) is 2.70. The van der Waals surface area contributed by atoms with E-state index in [9.17, 15) is 4.79 Å². The largest absolute Gasteiger partial charge is 0.382 e. The zero-order valence-corrected chi connectivity index (χ0v) is 7.19. The molecule has 1 amide bonds. The van der Waals surface area contributed by atoms with Crippen LogP contribution in [-0.2, 0) is 9.53 Å². The van der Waals surface area contributed by atoms with E-state index in [1.54, 1.807) is 12.0 Å². The molecule has 1 aliphatic rings. The Labute approximate surface area is 72.0 Å². The smallest absolute Gasteiger partial charge is 0.237 e. The van der Waals surface area contributed by atoms with Crippen molar-refractivity contribution in [1.29, 1.82) is 0 Å². The number of ether oxygens (including phenoxy) is 1. The van der Waals surface area contributed by atoms with Gasteiger partial charge in [0, 0.05) is 13.7 Å². The molecule has 12 heavy (non-hydrogen) atoms. The minimum atomic E-state index is -0.0259. The maximum Gasteiger partial charge on any atom is 0.237 e. The van der Waals surface area contributed by atoms with E-state index in [1.807, 2.05) is 12.2 Å². The molecule has 0 fully saturated rings. The fraction of sp³-hybridized carbons (Fsp3) is 0.625. The Kier molecular flexibility index (Phi) is 3.25. The van der Waals surface area contributed by atoms with E-state index in [4.69, 9.17) is 10.5 Å². The van der Waals surface area contributed by atoms with E-state index < -0.39 is 0 Å². The van der Waals surface area contributed by atoms with Gasteiger partial charge < -0.3 is 15.4 Å². The van der Waals surface area contributed by atoms with E-state index in [2.05, 4.69) is 0 Å². The first-order valence-corrected chi connectivity index (χ1v) is 3.94. The van der Waals surface area contributed by atoms with Gasteiger partial charge in [-0.05, 0) is 0 Å². The van der Waals surface area contributed by atoms with Crippen molar-refractivity contribution in [2.45, 2.75) is 6.04 Å². The molecular weight excluding hydrogens is 156 g/mol. The van der Waals surface area contributed by atoms with E-state index in [1.165, 1.54) is 0 Å². The van der Waals surface area contributed by atoms with Crippen molar-refractivity contribution in [1.82, 2.24) is 4.90 Å². The average molecular weight is 170 g/mol. The van der Waals surface area contributed by atoms with E-state index >= 15 is 0 Å². The normalized spacial score (nSPS) is 21.8. The number of nitrogens with two attached hydrogens (primary N) is 1. The van der Waals surface area contributed by atoms with Crippen molar-refractivity contribution in [2.75, 3.05) is 26.8 Å². The molecule has 0 aromatic heterocycles. The average Bonchev–Trinajstić information content (AvgIpc) is 2.52. The Morgan fingerprint density at radius 3 is 3.17 bits per heavy atom. The molecule has 0 saturated heterocycles. The van der Waals surface area contributed by atoms with E-state index in [0.717, 1.165) is 0 Å². The number of hydrogen-bond acceptors (Lipinski definition) is 3. The van der Waals surface area contributed by atoms with Gasteiger partial charge in [0.25, 0.3) is 0 Å². The molecule has 68 valence electrons. The molecule has 1 heterocycles. The van der Waals surface area contributed by atoms with Crippen LogP contribution in [0, 0.1) is 0 Å². The molecule has 1 aliphatic heterocycles. The topological polar surface area (TPSA) is 55.6 Å². The number of methoxy groups -OCH3 is 1. The third kappa shape index (κ3) is 1.84. The highest BCUT2D eigenvalue weighted by atomic mass is 16.5. The summed E-state index contributed by atoms with van der Waals surface area (Å²) in [5.74, 6) is -0.0259. The summed E-state index contributed by atoms with van der Waals surface area (Å²) in [6, 6.07) is 0.0750. The maximum absolute atomic E-state index is 11.2. The fourth-order valence-corrected chi connectivity index (χ4v) is 1.29. The van der Waals surface area contributed by atoms with Crippen LogP contribution in [0.15, 0.2) is 12.2 Å². The Morgan fingerprint density at radius 2 is 2.58 bits per heavy atom. The van der Waals surface area contributed by atoms with Gasteiger partial charge >= 0.3 is 0 Å². The lowest BCUT2D eigenvalue weighted by molar-refractivity contribution is -0.130. The van der Waals surface area contributed by atoms with Gasteiger partial charge in [0.2, 0.25) is 5.91 Å². The Balaban J connectivity index is 2.49. The molecular formula is C8H14N2O2. The van der Waals surface area contributed by atoms with E-state index in [-0.39, 0.29) is 18.5 Å². The van der Waals surface area contributed by atoms with Crippen LogP contribution in [0.5, 0.6) is 0 Å². The van der Waals surface area contributed by atoms with Gasteiger partial charge in [-0.2, -0.15) is 0 Å². The third-order valence-electron chi connectivity index (χ3n) is 1.89. The molecule has 0 aliphatic carbocycles. The minimum absolute atomic E-state index is 0.0259. The molecule has 1 atom stereocenters. The molecule has 0 bridgehead atoms. The van der Waals surface area contributed by atoms with Crippen LogP contribution in [0.2, 0.25) is 0 Å². The monoisotopic (exact) mass is 170 g/mol. The molecule has 4 heteroatoms. The highest BCUT2D eigenvalue weighted by Gasteiger charge is 2.22. The van der Waals surface area contributed by atoms with Crippen molar-refractivity contribution < 1.29 is 9.53 Å². The summed E-state index contributed by atoms with van der Waals surface area (Å²) in [7, 11) is 1.62. The summed E-state index contributed by atoms with van der Waals surface area (Å²) < 4.78 is 4.96. The molecule has 1 rings (SSSR count). The molecule has 0 spiro atoms. The standard InChI is InChI=1S/C8H14N2O2/c1-12-6-7-3-2-4-10(7)8(11)5-9/h2-3,7H,4-6,9H2,1H3. The molecule has 0 aromatic rings. The number of amides is 1. The highest BCUT2D eigenvalue weighted by molar-refractivity contribution is 5.79. The SMILES string of the molecule is COCC1C=CCN1C(=O)CN. The predicted molar refractivity (Wildman–Crippen MR) is 45.6 cm³/mol. The Hall–Kier alpha value is -0.870. The lowest BCUT2D eigenvalue weighted by atomic mass is 10.3. The lowest BCUT2D eigenvalue weighted by Gasteiger charge is -2.23. The predicted octanol–water partition coefficient (Wildman–Crippen LogP) is -0.641. The van der Waals surface area contributed by atoms with Gasteiger partial charge in [0.05, 0.1) is 19.2 Å². The third-order valence-corrected chi connectivity index (χ3v) is 1.89. The van der Waals surface area contributed by atoms with Gasteiger partial charge in [-0.25, -0.2) is 0 Å². The summed E-state index contributed by atoms with van der Waals surface area (Å²) in [5, 5.41) is 0. The first-order valence-electron chi connectivity index (χ1n) is 3.94. The summed E-state index contributed by atoms with van der Waals surface area (Å²) in [6.07, 6.45) is 3.92. The van der Waals surface area contributed by atoms with E-state index in [0.29, 0.717) is 13.2 Å². The summed E-state index contributed by atoms with van der Waals surface area (Å²) in [5.41, 5.74) is 5.25. The second kappa shape index (κ2) is 4.23. The second-order valence-corrected chi connectivity index (χ2v) is 2.70. The van der Waals surface area contributed by atoms with Crippen molar-refractivity contribution >= 4 is 5.91 Å². The van der Waals surface area contributed by atoms with Crippen molar-refractivity contribution in [2.24, 2.45) is 5.73 Å². The van der Waals surface area contributed by atoms with Crippen molar-refractivity contribution in [3.8, 4) is 0 Å². The summed E-state index contributed by atoms with van der Waals surface area (Å²) in [6.45, 7) is 1.27. The molecule has 4 nitrogen and oxygen atoms in total. The molecule has 0 saturated carbocycles. The summed E-state index contributed by atoms with van der Waals surface area (Å²) in [4.78, 5) is 12.9. The van der Waals surface area contributed by atoms with Crippen molar-refractivity contribution in [3.05, 3.63) is 12.2 Å². The Morgan fingerprint density at radius 1 is 1.83 bits per heavy atom. The molecule has 2 N–H and O–H groups in total. The first kappa shape index (κ1) is 9.22. The maximum atomic E-state index is 11.2. The molecule has 1 unspecified atom stereocenters. The van der Waals surface area contributed by atoms with Gasteiger partial charge in [-0.1, -0.05) is 12.2 Å².